The van der Waals surface area contributed by atoms with E-state index in [0.717, 1.165) is 12.8 Å². The monoisotopic (exact) mass is 191 g/mol. The maximum absolute atomic E-state index is 9.20. The van der Waals surface area contributed by atoms with Gasteiger partial charge in [0.25, 0.3) is 0 Å². The van der Waals surface area contributed by atoms with Gasteiger partial charge in [-0.3, -0.25) is 0 Å². The molecule has 0 aliphatic heterocycles. The van der Waals surface area contributed by atoms with E-state index in [0.29, 0.717) is 12.6 Å². The third-order valence-corrected chi connectivity index (χ3v) is 2.79. The SMILES string of the molecule is C[C@@H](O)CN[C@@H]1CCc2ccccc21. The van der Waals surface area contributed by atoms with E-state index in [9.17, 15) is 5.11 Å². The highest BCUT2D eigenvalue weighted by atomic mass is 16.3. The van der Waals surface area contributed by atoms with Gasteiger partial charge in [0.15, 0.2) is 0 Å². The highest BCUT2D eigenvalue weighted by Crippen LogP contribution is 2.30. The molecule has 0 saturated heterocycles. The van der Waals surface area contributed by atoms with Crippen LogP contribution < -0.4 is 5.32 Å². The summed E-state index contributed by atoms with van der Waals surface area (Å²) < 4.78 is 0. The van der Waals surface area contributed by atoms with E-state index in [1.807, 2.05) is 6.92 Å². The van der Waals surface area contributed by atoms with Gasteiger partial charge >= 0.3 is 0 Å². The second-order valence-corrected chi connectivity index (χ2v) is 4.05. The van der Waals surface area contributed by atoms with Gasteiger partial charge in [0, 0.05) is 12.6 Å². The van der Waals surface area contributed by atoms with Crippen LogP contribution in [-0.4, -0.2) is 17.8 Å². The highest BCUT2D eigenvalue weighted by molar-refractivity contribution is 5.34. The number of hydrogen-bond donors (Lipinski definition) is 2. The van der Waals surface area contributed by atoms with Crippen LogP contribution >= 0.6 is 0 Å². The average Bonchev–Trinajstić information content (AvgIpc) is 2.58. The molecule has 1 aromatic carbocycles. The van der Waals surface area contributed by atoms with Gasteiger partial charge in [-0.05, 0) is 30.9 Å². The number of benzene rings is 1. The first-order chi connectivity index (χ1) is 6.77. The Morgan fingerprint density at radius 1 is 1.50 bits per heavy atom. The molecule has 14 heavy (non-hydrogen) atoms. The van der Waals surface area contributed by atoms with Gasteiger partial charge in [-0.25, -0.2) is 0 Å². The van der Waals surface area contributed by atoms with Crippen LogP contribution in [0.3, 0.4) is 0 Å². The molecule has 2 rings (SSSR count). The van der Waals surface area contributed by atoms with Crippen molar-refractivity contribution in [1.29, 1.82) is 0 Å². The van der Waals surface area contributed by atoms with Crippen LogP contribution in [0, 0.1) is 0 Å². The number of fused-ring (bicyclic) bond motifs is 1. The Kier molecular flexibility index (Phi) is 2.85. The molecule has 1 aliphatic carbocycles. The normalized spacial score (nSPS) is 22.0. The molecular weight excluding hydrogens is 174 g/mol. The van der Waals surface area contributed by atoms with Crippen molar-refractivity contribution in [2.45, 2.75) is 31.9 Å². The molecule has 0 unspecified atom stereocenters. The molecule has 0 aromatic heterocycles. The fraction of sp³-hybridized carbons (Fsp3) is 0.500. The Hall–Kier alpha value is -0.860. The molecule has 0 bridgehead atoms. The lowest BCUT2D eigenvalue weighted by atomic mass is 10.1. The Bertz CT molecular complexity index is 309. The van der Waals surface area contributed by atoms with Crippen LogP contribution in [0.5, 0.6) is 0 Å². The summed E-state index contributed by atoms with van der Waals surface area (Å²) in [5.74, 6) is 0. The number of rotatable bonds is 3. The van der Waals surface area contributed by atoms with E-state index in [2.05, 4.69) is 29.6 Å². The van der Waals surface area contributed by atoms with Crippen molar-refractivity contribution >= 4 is 0 Å². The summed E-state index contributed by atoms with van der Waals surface area (Å²) >= 11 is 0. The first kappa shape index (κ1) is 9.69. The number of aliphatic hydroxyl groups excluding tert-OH is 1. The number of aryl methyl sites for hydroxylation is 1. The third kappa shape index (κ3) is 1.97. The zero-order chi connectivity index (χ0) is 9.97. The Labute approximate surface area is 85.0 Å². The summed E-state index contributed by atoms with van der Waals surface area (Å²) in [4.78, 5) is 0. The van der Waals surface area contributed by atoms with E-state index in [1.54, 1.807) is 0 Å². The van der Waals surface area contributed by atoms with Crippen LogP contribution in [0.4, 0.5) is 0 Å². The largest absolute Gasteiger partial charge is 0.392 e. The standard InChI is InChI=1S/C12H17NO/c1-9(14)8-13-12-7-6-10-4-2-3-5-11(10)12/h2-5,9,12-14H,6-8H2,1H3/t9-,12-/m1/s1. The summed E-state index contributed by atoms with van der Waals surface area (Å²) in [6.07, 6.45) is 2.06. The maximum Gasteiger partial charge on any atom is 0.0636 e. The van der Waals surface area contributed by atoms with Gasteiger partial charge < -0.3 is 10.4 Å². The van der Waals surface area contributed by atoms with Crippen molar-refractivity contribution in [2.75, 3.05) is 6.54 Å². The van der Waals surface area contributed by atoms with E-state index in [4.69, 9.17) is 0 Å². The smallest absolute Gasteiger partial charge is 0.0636 e. The van der Waals surface area contributed by atoms with Crippen molar-refractivity contribution in [3.8, 4) is 0 Å². The summed E-state index contributed by atoms with van der Waals surface area (Å²) in [6, 6.07) is 9.00. The fourth-order valence-electron chi connectivity index (χ4n) is 2.08. The highest BCUT2D eigenvalue weighted by Gasteiger charge is 2.21. The molecule has 0 amide bonds. The lowest BCUT2D eigenvalue weighted by Crippen LogP contribution is -2.27. The van der Waals surface area contributed by atoms with Crippen molar-refractivity contribution < 1.29 is 5.11 Å². The topological polar surface area (TPSA) is 32.3 Å². The number of hydrogen-bond acceptors (Lipinski definition) is 2. The van der Waals surface area contributed by atoms with Crippen LogP contribution in [0.2, 0.25) is 0 Å². The van der Waals surface area contributed by atoms with Gasteiger partial charge in [0.05, 0.1) is 6.10 Å². The minimum Gasteiger partial charge on any atom is -0.392 e. The molecule has 0 radical (unpaired) electrons. The molecule has 1 aromatic rings. The quantitative estimate of drug-likeness (QED) is 0.761. The predicted molar refractivity (Wildman–Crippen MR) is 57.2 cm³/mol. The summed E-state index contributed by atoms with van der Waals surface area (Å²) in [5, 5.41) is 12.6. The maximum atomic E-state index is 9.20. The Morgan fingerprint density at radius 2 is 2.29 bits per heavy atom. The van der Waals surface area contributed by atoms with E-state index in [1.165, 1.54) is 11.1 Å². The molecule has 1 aliphatic rings. The second kappa shape index (κ2) is 4.11. The predicted octanol–water partition coefficient (Wildman–Crippen LogP) is 1.64. The first-order valence-corrected chi connectivity index (χ1v) is 5.26. The lowest BCUT2D eigenvalue weighted by molar-refractivity contribution is 0.186. The summed E-state index contributed by atoms with van der Waals surface area (Å²) in [6.45, 7) is 2.49. The van der Waals surface area contributed by atoms with Crippen LogP contribution in [0.25, 0.3) is 0 Å². The summed E-state index contributed by atoms with van der Waals surface area (Å²) in [7, 11) is 0. The van der Waals surface area contributed by atoms with E-state index >= 15 is 0 Å². The van der Waals surface area contributed by atoms with Crippen molar-refractivity contribution in [3.05, 3.63) is 35.4 Å². The molecule has 2 heteroatoms. The molecule has 0 fully saturated rings. The van der Waals surface area contributed by atoms with Crippen LogP contribution in [-0.2, 0) is 6.42 Å². The minimum atomic E-state index is -0.261. The van der Waals surface area contributed by atoms with Gasteiger partial charge in [-0.1, -0.05) is 24.3 Å². The first-order valence-electron chi connectivity index (χ1n) is 5.26. The summed E-state index contributed by atoms with van der Waals surface area (Å²) in [5.41, 5.74) is 2.86. The Balaban J connectivity index is 2.03. The zero-order valence-corrected chi connectivity index (χ0v) is 8.53. The van der Waals surface area contributed by atoms with Crippen LogP contribution in [0.15, 0.2) is 24.3 Å². The van der Waals surface area contributed by atoms with Gasteiger partial charge in [-0.2, -0.15) is 0 Å². The molecule has 2 N–H and O–H groups in total. The molecule has 0 saturated carbocycles. The molecule has 0 spiro atoms. The van der Waals surface area contributed by atoms with Crippen molar-refractivity contribution in [2.24, 2.45) is 0 Å². The van der Waals surface area contributed by atoms with Crippen molar-refractivity contribution in [1.82, 2.24) is 5.32 Å². The van der Waals surface area contributed by atoms with E-state index in [-0.39, 0.29) is 6.10 Å². The average molecular weight is 191 g/mol. The van der Waals surface area contributed by atoms with Gasteiger partial charge in [0.1, 0.15) is 0 Å². The molecule has 0 heterocycles. The lowest BCUT2D eigenvalue weighted by Gasteiger charge is -2.15. The Morgan fingerprint density at radius 3 is 3.07 bits per heavy atom. The fourth-order valence-corrected chi connectivity index (χ4v) is 2.08. The molecular formula is C12H17NO. The number of aliphatic hydroxyl groups is 1. The zero-order valence-electron chi connectivity index (χ0n) is 8.53. The molecule has 2 nitrogen and oxygen atoms in total. The van der Waals surface area contributed by atoms with Gasteiger partial charge in [-0.15, -0.1) is 0 Å². The van der Waals surface area contributed by atoms with Gasteiger partial charge in [0.2, 0.25) is 0 Å². The molecule has 76 valence electrons. The van der Waals surface area contributed by atoms with Crippen LogP contribution in [0.1, 0.15) is 30.5 Å². The second-order valence-electron chi connectivity index (χ2n) is 4.05. The molecule has 2 atom stereocenters. The number of nitrogens with one attached hydrogen (secondary N) is 1. The van der Waals surface area contributed by atoms with Crippen molar-refractivity contribution in [3.63, 3.8) is 0 Å². The minimum absolute atomic E-state index is 0.261. The third-order valence-electron chi connectivity index (χ3n) is 2.79. The van der Waals surface area contributed by atoms with E-state index < -0.39 is 0 Å².